The molecule has 18 heavy (non-hydrogen) atoms. The van der Waals surface area contributed by atoms with Crippen molar-refractivity contribution in [1.29, 1.82) is 0 Å². The molecule has 2 rings (SSSR count). The molecule has 0 amide bonds. The van der Waals surface area contributed by atoms with Crippen LogP contribution < -0.4 is 0 Å². The van der Waals surface area contributed by atoms with Crippen molar-refractivity contribution < 1.29 is 14.3 Å². The molecule has 0 aromatic rings. The van der Waals surface area contributed by atoms with Gasteiger partial charge in [0.05, 0.1) is 13.0 Å². The van der Waals surface area contributed by atoms with Crippen LogP contribution in [0.3, 0.4) is 0 Å². The first-order valence-electron chi connectivity index (χ1n) is 7.14. The second-order valence-electron chi connectivity index (χ2n) is 6.14. The van der Waals surface area contributed by atoms with Crippen molar-refractivity contribution in [2.45, 2.75) is 46.0 Å². The van der Waals surface area contributed by atoms with Crippen LogP contribution in [0.4, 0.5) is 0 Å². The molecule has 0 bridgehead atoms. The fourth-order valence-corrected chi connectivity index (χ4v) is 4.10. The van der Waals surface area contributed by atoms with Crippen LogP contribution >= 0.6 is 0 Å². The van der Waals surface area contributed by atoms with Gasteiger partial charge in [0.1, 0.15) is 5.78 Å². The summed E-state index contributed by atoms with van der Waals surface area (Å²) in [6.45, 7) is 4.26. The number of hydrogen-bond acceptors (Lipinski definition) is 3. The van der Waals surface area contributed by atoms with Gasteiger partial charge in [-0.3, -0.25) is 9.59 Å². The molecule has 2 saturated carbocycles. The lowest BCUT2D eigenvalue weighted by Gasteiger charge is -2.46. The molecule has 3 heteroatoms. The first kappa shape index (κ1) is 13.6. The molecule has 4 unspecified atom stereocenters. The van der Waals surface area contributed by atoms with Gasteiger partial charge in [-0.05, 0) is 36.5 Å². The summed E-state index contributed by atoms with van der Waals surface area (Å²) in [5.74, 6) is 2.27. The van der Waals surface area contributed by atoms with Crippen molar-refractivity contribution in [3.63, 3.8) is 0 Å². The number of methoxy groups -OCH3 is 1. The molecule has 0 heterocycles. The monoisotopic (exact) mass is 252 g/mol. The Labute approximate surface area is 109 Å². The van der Waals surface area contributed by atoms with Gasteiger partial charge in [-0.2, -0.15) is 0 Å². The normalized spacial score (nSPS) is 37.8. The second kappa shape index (κ2) is 5.41. The minimum atomic E-state index is -0.119. The van der Waals surface area contributed by atoms with Gasteiger partial charge in [-0.25, -0.2) is 0 Å². The van der Waals surface area contributed by atoms with Crippen LogP contribution in [0.1, 0.15) is 46.0 Å². The molecule has 5 atom stereocenters. The van der Waals surface area contributed by atoms with Gasteiger partial charge in [0.2, 0.25) is 0 Å². The Bertz CT molecular complexity index is 337. The highest BCUT2D eigenvalue weighted by Crippen LogP contribution is 2.48. The quantitative estimate of drug-likeness (QED) is 0.710. The van der Waals surface area contributed by atoms with Crippen LogP contribution in [-0.2, 0) is 14.3 Å². The zero-order chi connectivity index (χ0) is 13.3. The number of carbonyl (C=O) groups is 2. The van der Waals surface area contributed by atoms with Crippen LogP contribution in [0.15, 0.2) is 0 Å². The molecule has 0 aromatic carbocycles. The molecule has 2 fully saturated rings. The lowest BCUT2D eigenvalue weighted by Crippen LogP contribution is -2.42. The number of carbonyl (C=O) groups excluding carboxylic acids is 2. The van der Waals surface area contributed by atoms with E-state index in [1.807, 2.05) is 6.92 Å². The maximum atomic E-state index is 11.7. The number of ketones is 1. The first-order valence-corrected chi connectivity index (χ1v) is 7.14. The minimum absolute atomic E-state index is 0.0686. The van der Waals surface area contributed by atoms with E-state index in [2.05, 4.69) is 6.92 Å². The molecule has 0 radical (unpaired) electrons. The predicted molar refractivity (Wildman–Crippen MR) is 68.9 cm³/mol. The summed E-state index contributed by atoms with van der Waals surface area (Å²) >= 11 is 0. The average Bonchev–Trinajstić information content (AvgIpc) is 2.37. The zero-order valence-electron chi connectivity index (χ0n) is 11.6. The standard InChI is InChI=1S/C15H24O3/c1-9-4-6-13(10(2)15(17)18-3)14-8-11(16)5-7-12(9)14/h9-10,12-14H,4-8H2,1-3H3/t9-,10?,12?,13?,14?/m1/s1. The summed E-state index contributed by atoms with van der Waals surface area (Å²) < 4.78 is 4.87. The maximum Gasteiger partial charge on any atom is 0.308 e. The summed E-state index contributed by atoms with van der Waals surface area (Å²) in [7, 11) is 1.45. The number of esters is 1. The van der Waals surface area contributed by atoms with Gasteiger partial charge in [0.25, 0.3) is 0 Å². The molecule has 2 aliphatic carbocycles. The highest BCUT2D eigenvalue weighted by atomic mass is 16.5. The average molecular weight is 252 g/mol. The van der Waals surface area contributed by atoms with E-state index >= 15 is 0 Å². The summed E-state index contributed by atoms with van der Waals surface area (Å²) in [4.78, 5) is 23.5. The molecule has 2 aliphatic rings. The van der Waals surface area contributed by atoms with Gasteiger partial charge < -0.3 is 4.74 Å². The van der Waals surface area contributed by atoms with Crippen molar-refractivity contribution >= 4 is 11.8 Å². The molecule has 0 aromatic heterocycles. The van der Waals surface area contributed by atoms with Crippen molar-refractivity contribution in [3.05, 3.63) is 0 Å². The number of rotatable bonds is 2. The molecule has 102 valence electrons. The third-order valence-corrected chi connectivity index (χ3v) is 5.22. The molecule has 0 spiro atoms. The van der Waals surface area contributed by atoms with E-state index in [4.69, 9.17) is 4.74 Å². The van der Waals surface area contributed by atoms with E-state index in [0.29, 0.717) is 35.9 Å². The minimum Gasteiger partial charge on any atom is -0.469 e. The van der Waals surface area contributed by atoms with Gasteiger partial charge >= 0.3 is 5.97 Å². The topological polar surface area (TPSA) is 43.4 Å². The molecular weight excluding hydrogens is 228 g/mol. The highest BCUT2D eigenvalue weighted by molar-refractivity contribution is 5.79. The third-order valence-electron chi connectivity index (χ3n) is 5.22. The van der Waals surface area contributed by atoms with E-state index in [-0.39, 0.29) is 11.9 Å². The van der Waals surface area contributed by atoms with E-state index in [9.17, 15) is 9.59 Å². The second-order valence-corrected chi connectivity index (χ2v) is 6.14. The van der Waals surface area contributed by atoms with Crippen LogP contribution in [0.5, 0.6) is 0 Å². The summed E-state index contributed by atoms with van der Waals surface area (Å²) in [6.07, 6.45) is 4.69. The molecule has 3 nitrogen and oxygen atoms in total. The predicted octanol–water partition coefficient (Wildman–Crippen LogP) is 2.83. The van der Waals surface area contributed by atoms with Gasteiger partial charge in [0, 0.05) is 12.8 Å². The summed E-state index contributed by atoms with van der Waals surface area (Å²) in [6, 6.07) is 0. The van der Waals surface area contributed by atoms with Gasteiger partial charge in [0.15, 0.2) is 0 Å². The molecule has 0 N–H and O–H groups in total. The Balaban J connectivity index is 2.15. The number of ether oxygens (including phenoxy) is 1. The Hall–Kier alpha value is -0.860. The number of fused-ring (bicyclic) bond motifs is 1. The molecule has 0 aliphatic heterocycles. The Morgan fingerprint density at radius 1 is 1.28 bits per heavy atom. The number of hydrogen-bond donors (Lipinski definition) is 0. The zero-order valence-corrected chi connectivity index (χ0v) is 11.6. The third kappa shape index (κ3) is 2.45. The number of Topliss-reactive ketones (excluding diaryl/α,β-unsaturated/α-hetero) is 1. The lowest BCUT2D eigenvalue weighted by molar-refractivity contribution is -0.150. The largest absolute Gasteiger partial charge is 0.469 e. The van der Waals surface area contributed by atoms with Gasteiger partial charge in [-0.1, -0.05) is 20.3 Å². The summed E-state index contributed by atoms with van der Waals surface area (Å²) in [5.41, 5.74) is 0. The van der Waals surface area contributed by atoms with Crippen molar-refractivity contribution in [2.24, 2.45) is 29.6 Å². The summed E-state index contributed by atoms with van der Waals surface area (Å²) in [5, 5.41) is 0. The van der Waals surface area contributed by atoms with Crippen molar-refractivity contribution in [1.82, 2.24) is 0 Å². The van der Waals surface area contributed by atoms with Crippen LogP contribution in [0, 0.1) is 29.6 Å². The lowest BCUT2D eigenvalue weighted by atomic mass is 9.59. The SMILES string of the molecule is COC(=O)C(C)C1CC[C@@H](C)C2CCC(=O)CC12. The Kier molecular flexibility index (Phi) is 4.08. The fourth-order valence-electron chi connectivity index (χ4n) is 4.10. The van der Waals surface area contributed by atoms with Crippen LogP contribution in [0.2, 0.25) is 0 Å². The maximum absolute atomic E-state index is 11.7. The van der Waals surface area contributed by atoms with Crippen LogP contribution in [-0.4, -0.2) is 18.9 Å². The van der Waals surface area contributed by atoms with E-state index in [0.717, 1.165) is 19.3 Å². The molecule has 0 saturated heterocycles. The van der Waals surface area contributed by atoms with E-state index < -0.39 is 0 Å². The van der Waals surface area contributed by atoms with Crippen LogP contribution in [0.25, 0.3) is 0 Å². The smallest absolute Gasteiger partial charge is 0.308 e. The Morgan fingerprint density at radius 3 is 2.67 bits per heavy atom. The van der Waals surface area contributed by atoms with Gasteiger partial charge in [-0.15, -0.1) is 0 Å². The fraction of sp³-hybridized carbons (Fsp3) is 0.867. The van der Waals surface area contributed by atoms with E-state index in [1.54, 1.807) is 0 Å². The van der Waals surface area contributed by atoms with Crippen molar-refractivity contribution in [2.75, 3.05) is 7.11 Å². The van der Waals surface area contributed by atoms with E-state index in [1.165, 1.54) is 13.5 Å². The molecular formula is C15H24O3. The Morgan fingerprint density at radius 2 is 2.00 bits per heavy atom. The van der Waals surface area contributed by atoms with Crippen molar-refractivity contribution in [3.8, 4) is 0 Å². The highest BCUT2D eigenvalue weighted by Gasteiger charge is 2.44. The first-order chi connectivity index (χ1) is 8.54.